The summed E-state index contributed by atoms with van der Waals surface area (Å²) in [5.41, 5.74) is 3.53. The molecule has 0 bridgehead atoms. The number of nitrogens with zero attached hydrogens (tertiary/aromatic N) is 3. The number of thiophene rings is 1. The normalized spacial score (nSPS) is 11.0. The van der Waals surface area contributed by atoms with Crippen molar-refractivity contribution in [2.24, 2.45) is 0 Å². The van der Waals surface area contributed by atoms with Gasteiger partial charge in [0.05, 0.1) is 10.6 Å². The summed E-state index contributed by atoms with van der Waals surface area (Å²) in [5.74, 6) is 0.536. The Morgan fingerprint density at radius 3 is 2.92 bits per heavy atom. The zero-order chi connectivity index (χ0) is 17.4. The summed E-state index contributed by atoms with van der Waals surface area (Å²) in [7, 11) is 0. The van der Waals surface area contributed by atoms with Crippen molar-refractivity contribution in [1.29, 1.82) is 0 Å². The molecule has 0 atom stereocenters. The average molecular weight is 413 g/mol. The number of nitrogens with one attached hydrogen (secondary N) is 1. The summed E-state index contributed by atoms with van der Waals surface area (Å²) in [4.78, 5) is 21.9. The van der Waals surface area contributed by atoms with Gasteiger partial charge in [0, 0.05) is 39.2 Å². The Labute approximate surface area is 156 Å². The summed E-state index contributed by atoms with van der Waals surface area (Å²) in [6.45, 7) is 2.01. The fourth-order valence-electron chi connectivity index (χ4n) is 2.65. The molecule has 25 heavy (non-hydrogen) atoms. The number of amides is 1. The molecule has 124 valence electrons. The van der Waals surface area contributed by atoms with Crippen molar-refractivity contribution in [3.63, 3.8) is 0 Å². The van der Waals surface area contributed by atoms with E-state index in [0.29, 0.717) is 10.7 Å². The number of anilines is 1. The fourth-order valence-corrected chi connectivity index (χ4v) is 3.97. The van der Waals surface area contributed by atoms with E-state index >= 15 is 0 Å². The minimum Gasteiger partial charge on any atom is -0.321 e. The first-order valence-electron chi connectivity index (χ1n) is 7.57. The predicted octanol–water partition coefficient (Wildman–Crippen LogP) is 4.78. The number of carbonyl (C=O) groups is 1. The van der Waals surface area contributed by atoms with E-state index in [1.165, 1.54) is 11.3 Å². The first-order chi connectivity index (χ1) is 12.1. The molecule has 1 amide bonds. The number of rotatable bonds is 3. The first-order valence-corrected chi connectivity index (χ1v) is 9.24. The van der Waals surface area contributed by atoms with E-state index in [1.54, 1.807) is 6.20 Å². The van der Waals surface area contributed by atoms with Crippen LogP contribution in [-0.2, 0) is 0 Å². The van der Waals surface area contributed by atoms with Crippen LogP contribution in [0.1, 0.15) is 15.4 Å². The molecule has 0 saturated heterocycles. The number of aromatic nitrogens is 3. The Balaban J connectivity index is 1.67. The van der Waals surface area contributed by atoms with Gasteiger partial charge >= 0.3 is 0 Å². The number of fused-ring (bicyclic) bond motifs is 1. The molecule has 0 aliphatic heterocycles. The van der Waals surface area contributed by atoms with E-state index < -0.39 is 0 Å². The van der Waals surface area contributed by atoms with Crippen LogP contribution in [0.3, 0.4) is 0 Å². The highest BCUT2D eigenvalue weighted by molar-refractivity contribution is 9.10. The van der Waals surface area contributed by atoms with E-state index in [0.717, 1.165) is 27.1 Å². The van der Waals surface area contributed by atoms with Crippen LogP contribution in [0, 0.1) is 6.92 Å². The molecule has 7 heteroatoms. The van der Waals surface area contributed by atoms with Gasteiger partial charge in [0.25, 0.3) is 5.91 Å². The van der Waals surface area contributed by atoms with Crippen LogP contribution in [0.15, 0.2) is 58.6 Å². The summed E-state index contributed by atoms with van der Waals surface area (Å²) >= 11 is 4.77. The van der Waals surface area contributed by atoms with Gasteiger partial charge in [-0.3, -0.25) is 9.20 Å². The van der Waals surface area contributed by atoms with Crippen LogP contribution >= 0.6 is 27.3 Å². The van der Waals surface area contributed by atoms with Crippen molar-refractivity contribution in [1.82, 2.24) is 14.4 Å². The summed E-state index contributed by atoms with van der Waals surface area (Å²) in [6, 6.07) is 11.4. The molecule has 0 unspecified atom stereocenters. The van der Waals surface area contributed by atoms with Crippen LogP contribution in [0.2, 0.25) is 0 Å². The van der Waals surface area contributed by atoms with E-state index in [2.05, 4.69) is 31.2 Å². The van der Waals surface area contributed by atoms with Crippen molar-refractivity contribution in [3.05, 3.63) is 69.2 Å². The highest BCUT2D eigenvalue weighted by atomic mass is 79.9. The number of hydrogen-bond acceptors (Lipinski definition) is 4. The summed E-state index contributed by atoms with van der Waals surface area (Å²) in [5, 5.41) is 4.82. The third-order valence-corrected chi connectivity index (χ3v) is 5.52. The van der Waals surface area contributed by atoms with Gasteiger partial charge in [-0.05, 0) is 47.1 Å². The largest absolute Gasteiger partial charge is 0.321 e. The van der Waals surface area contributed by atoms with Crippen molar-refractivity contribution in [3.8, 4) is 11.3 Å². The molecule has 3 aromatic heterocycles. The lowest BCUT2D eigenvalue weighted by atomic mass is 10.1. The predicted molar refractivity (Wildman–Crippen MR) is 103 cm³/mol. The molecule has 4 aromatic rings. The Kier molecular flexibility index (Phi) is 4.10. The SMILES string of the molecule is Cc1c(-c2cccc(NC(=O)c3cc(Br)cs3)c2)nc2ncccn12. The second kappa shape index (κ2) is 6.42. The van der Waals surface area contributed by atoms with Crippen molar-refractivity contribution in [2.45, 2.75) is 6.92 Å². The third kappa shape index (κ3) is 3.08. The number of imidazole rings is 1. The van der Waals surface area contributed by atoms with Gasteiger partial charge in [0.2, 0.25) is 5.78 Å². The maximum absolute atomic E-state index is 12.3. The molecule has 1 N–H and O–H groups in total. The summed E-state index contributed by atoms with van der Waals surface area (Å²) in [6.07, 6.45) is 3.66. The van der Waals surface area contributed by atoms with Crippen LogP contribution in [0.4, 0.5) is 5.69 Å². The minimum atomic E-state index is -0.124. The lowest BCUT2D eigenvalue weighted by Gasteiger charge is -2.06. The minimum absolute atomic E-state index is 0.124. The van der Waals surface area contributed by atoms with Gasteiger partial charge < -0.3 is 5.32 Å². The molecule has 0 saturated carbocycles. The van der Waals surface area contributed by atoms with Crippen molar-refractivity contribution >= 4 is 44.6 Å². The zero-order valence-electron chi connectivity index (χ0n) is 13.2. The number of halogens is 1. The maximum atomic E-state index is 12.3. The molecule has 0 aliphatic carbocycles. The van der Waals surface area contributed by atoms with Crippen LogP contribution in [0.5, 0.6) is 0 Å². The van der Waals surface area contributed by atoms with Gasteiger partial charge in [-0.15, -0.1) is 11.3 Å². The van der Waals surface area contributed by atoms with Crippen LogP contribution in [-0.4, -0.2) is 20.3 Å². The molecule has 0 radical (unpaired) electrons. The quantitative estimate of drug-likeness (QED) is 0.526. The van der Waals surface area contributed by atoms with Gasteiger partial charge in [0.1, 0.15) is 0 Å². The molecule has 1 aromatic carbocycles. The maximum Gasteiger partial charge on any atom is 0.265 e. The number of aryl methyl sites for hydroxylation is 1. The third-order valence-electron chi connectivity index (χ3n) is 3.83. The van der Waals surface area contributed by atoms with E-state index in [4.69, 9.17) is 0 Å². The molecular formula is C18H13BrN4OS. The highest BCUT2D eigenvalue weighted by Gasteiger charge is 2.13. The molecule has 0 spiro atoms. The average Bonchev–Trinajstić information content (AvgIpc) is 3.19. The first kappa shape index (κ1) is 16.0. The van der Waals surface area contributed by atoms with Crippen LogP contribution in [0.25, 0.3) is 17.0 Å². The Morgan fingerprint density at radius 2 is 2.16 bits per heavy atom. The number of hydrogen-bond donors (Lipinski definition) is 1. The highest BCUT2D eigenvalue weighted by Crippen LogP contribution is 2.26. The lowest BCUT2D eigenvalue weighted by molar-refractivity contribution is 0.103. The molecule has 3 heterocycles. The Morgan fingerprint density at radius 1 is 1.28 bits per heavy atom. The van der Waals surface area contributed by atoms with E-state index in [9.17, 15) is 4.79 Å². The Hall–Kier alpha value is -2.51. The molecule has 0 aliphatic rings. The number of benzene rings is 1. The molecular weight excluding hydrogens is 400 g/mol. The van der Waals surface area contributed by atoms with Gasteiger partial charge in [-0.25, -0.2) is 9.97 Å². The van der Waals surface area contributed by atoms with Crippen LogP contribution < -0.4 is 5.32 Å². The molecule has 0 fully saturated rings. The lowest BCUT2D eigenvalue weighted by Crippen LogP contribution is -2.10. The van der Waals surface area contributed by atoms with Gasteiger partial charge in [-0.1, -0.05) is 12.1 Å². The van der Waals surface area contributed by atoms with Gasteiger partial charge in [-0.2, -0.15) is 0 Å². The topological polar surface area (TPSA) is 59.3 Å². The Bertz CT molecular complexity index is 1090. The molecule has 4 rings (SSSR count). The number of carbonyl (C=O) groups excluding carboxylic acids is 1. The van der Waals surface area contributed by atoms with E-state index in [1.807, 2.05) is 59.3 Å². The monoisotopic (exact) mass is 412 g/mol. The second-order valence-corrected chi connectivity index (χ2v) is 7.33. The van der Waals surface area contributed by atoms with Gasteiger partial charge in [0.15, 0.2) is 0 Å². The van der Waals surface area contributed by atoms with E-state index in [-0.39, 0.29) is 5.91 Å². The fraction of sp³-hybridized carbons (Fsp3) is 0.0556. The second-order valence-electron chi connectivity index (χ2n) is 5.50. The van der Waals surface area contributed by atoms with Crippen molar-refractivity contribution in [2.75, 3.05) is 5.32 Å². The smallest absolute Gasteiger partial charge is 0.265 e. The van der Waals surface area contributed by atoms with Crippen molar-refractivity contribution < 1.29 is 4.79 Å². The summed E-state index contributed by atoms with van der Waals surface area (Å²) < 4.78 is 2.85. The standard InChI is InChI=1S/C18H13BrN4OS/c1-11-16(22-18-20-6-3-7-23(11)18)12-4-2-5-14(8-12)21-17(24)15-9-13(19)10-25-15/h2-10H,1H3,(H,21,24). The zero-order valence-corrected chi connectivity index (χ0v) is 15.6. The molecule has 5 nitrogen and oxygen atoms in total.